The Kier molecular flexibility index (Phi) is 3.27. The van der Waals surface area contributed by atoms with Gasteiger partial charge in [-0.2, -0.15) is 0 Å². The van der Waals surface area contributed by atoms with Crippen molar-refractivity contribution in [2.45, 2.75) is 0 Å². The van der Waals surface area contributed by atoms with Crippen molar-refractivity contribution in [3.63, 3.8) is 0 Å². The number of ether oxygens (including phenoxy) is 2. The fraction of sp³-hybridized carbons (Fsp3) is 0.231. The highest BCUT2D eigenvalue weighted by Gasteiger charge is 2.22. The summed E-state index contributed by atoms with van der Waals surface area (Å²) in [5.41, 5.74) is -1.13. The Bertz CT molecular complexity index is 762. The molecular formula is C13H13NO6. The molecule has 1 aromatic heterocycles. The summed E-state index contributed by atoms with van der Waals surface area (Å²) < 4.78 is 11.4. The molecule has 1 aromatic carbocycles. The van der Waals surface area contributed by atoms with Crippen molar-refractivity contribution in [3.05, 3.63) is 28.0 Å². The second kappa shape index (κ2) is 4.76. The van der Waals surface area contributed by atoms with E-state index in [0.29, 0.717) is 17.0 Å². The Hall–Kier alpha value is -2.70. The molecule has 0 spiro atoms. The summed E-state index contributed by atoms with van der Waals surface area (Å²) in [6, 6.07) is 2.93. The molecule has 0 aliphatic carbocycles. The van der Waals surface area contributed by atoms with Gasteiger partial charge in [-0.3, -0.25) is 4.79 Å². The van der Waals surface area contributed by atoms with Gasteiger partial charge in [0.15, 0.2) is 17.1 Å². The SMILES string of the molecule is COc1cc2c(O)c(C(=O)O)c(=O)n(C)c2cc1OC. The van der Waals surface area contributed by atoms with Crippen LogP contribution in [0.2, 0.25) is 0 Å². The summed E-state index contributed by atoms with van der Waals surface area (Å²) in [6.45, 7) is 0. The zero-order chi connectivity index (χ0) is 15.0. The Morgan fingerprint density at radius 1 is 1.20 bits per heavy atom. The van der Waals surface area contributed by atoms with Gasteiger partial charge < -0.3 is 24.3 Å². The minimum Gasteiger partial charge on any atom is -0.506 e. The van der Waals surface area contributed by atoms with Crippen molar-refractivity contribution in [2.75, 3.05) is 14.2 Å². The van der Waals surface area contributed by atoms with Gasteiger partial charge in [0.1, 0.15) is 5.75 Å². The van der Waals surface area contributed by atoms with Crippen LogP contribution in [0.5, 0.6) is 17.2 Å². The number of aryl methyl sites for hydroxylation is 1. The number of nitrogens with zero attached hydrogens (tertiary/aromatic N) is 1. The van der Waals surface area contributed by atoms with Crippen molar-refractivity contribution in [1.82, 2.24) is 4.57 Å². The van der Waals surface area contributed by atoms with E-state index in [-0.39, 0.29) is 5.39 Å². The molecule has 106 valence electrons. The molecule has 7 heteroatoms. The lowest BCUT2D eigenvalue weighted by Gasteiger charge is -2.13. The van der Waals surface area contributed by atoms with Crippen LogP contribution in [0, 0.1) is 0 Å². The highest BCUT2D eigenvalue weighted by Crippen LogP contribution is 2.36. The zero-order valence-corrected chi connectivity index (χ0v) is 11.1. The molecule has 1 heterocycles. The average Bonchev–Trinajstić information content (AvgIpc) is 2.43. The van der Waals surface area contributed by atoms with Crippen LogP contribution >= 0.6 is 0 Å². The lowest BCUT2D eigenvalue weighted by Crippen LogP contribution is -2.24. The molecular weight excluding hydrogens is 266 g/mol. The number of aromatic nitrogens is 1. The Labute approximate surface area is 113 Å². The average molecular weight is 279 g/mol. The van der Waals surface area contributed by atoms with E-state index in [2.05, 4.69) is 0 Å². The van der Waals surface area contributed by atoms with Crippen LogP contribution in [0.4, 0.5) is 0 Å². The van der Waals surface area contributed by atoms with Crippen LogP contribution in [-0.4, -0.2) is 35.0 Å². The molecule has 0 radical (unpaired) electrons. The summed E-state index contributed by atoms with van der Waals surface area (Å²) in [7, 11) is 4.27. The van der Waals surface area contributed by atoms with Crippen LogP contribution in [0.15, 0.2) is 16.9 Å². The zero-order valence-electron chi connectivity index (χ0n) is 11.1. The fourth-order valence-electron chi connectivity index (χ4n) is 2.04. The Morgan fingerprint density at radius 2 is 1.75 bits per heavy atom. The number of fused-ring (bicyclic) bond motifs is 1. The number of benzene rings is 1. The van der Waals surface area contributed by atoms with Crippen LogP contribution in [0.25, 0.3) is 10.9 Å². The van der Waals surface area contributed by atoms with Crippen LogP contribution in [0.3, 0.4) is 0 Å². The Balaban J connectivity index is 3.00. The standard InChI is InChI=1S/C13H13NO6/c1-14-7-5-9(20-3)8(19-2)4-6(7)11(15)10(12(14)16)13(17)18/h4-5,15H,1-3H3,(H,17,18). The van der Waals surface area contributed by atoms with E-state index in [0.717, 1.165) is 4.57 Å². The third kappa shape index (κ3) is 1.83. The van der Waals surface area contributed by atoms with Gasteiger partial charge in [0, 0.05) is 18.5 Å². The maximum atomic E-state index is 11.9. The molecule has 0 unspecified atom stereocenters. The topological polar surface area (TPSA) is 98.0 Å². The molecule has 0 saturated carbocycles. The van der Waals surface area contributed by atoms with Crippen LogP contribution in [0.1, 0.15) is 10.4 Å². The predicted molar refractivity (Wildman–Crippen MR) is 70.9 cm³/mol. The first kappa shape index (κ1) is 13.7. The van der Waals surface area contributed by atoms with E-state index in [1.54, 1.807) is 0 Å². The smallest absolute Gasteiger partial charge is 0.345 e. The highest BCUT2D eigenvalue weighted by atomic mass is 16.5. The molecule has 2 aromatic rings. The van der Waals surface area contributed by atoms with Crippen molar-refractivity contribution in [2.24, 2.45) is 7.05 Å². The van der Waals surface area contributed by atoms with E-state index in [9.17, 15) is 14.7 Å². The van der Waals surface area contributed by atoms with Crippen LogP contribution < -0.4 is 15.0 Å². The van der Waals surface area contributed by atoms with Gasteiger partial charge in [-0.25, -0.2) is 4.79 Å². The Morgan fingerprint density at radius 3 is 2.25 bits per heavy atom. The highest BCUT2D eigenvalue weighted by molar-refractivity contribution is 5.99. The van der Waals surface area contributed by atoms with Crippen molar-refractivity contribution in [1.29, 1.82) is 0 Å². The molecule has 7 nitrogen and oxygen atoms in total. The third-order valence-corrected chi connectivity index (χ3v) is 3.09. The van der Waals surface area contributed by atoms with Gasteiger partial charge in [-0.15, -0.1) is 0 Å². The fourth-order valence-corrected chi connectivity index (χ4v) is 2.04. The van der Waals surface area contributed by atoms with E-state index in [1.165, 1.54) is 33.4 Å². The first-order chi connectivity index (χ1) is 9.42. The normalized spacial score (nSPS) is 10.6. The second-order valence-electron chi connectivity index (χ2n) is 4.12. The number of hydrogen-bond acceptors (Lipinski definition) is 5. The number of pyridine rings is 1. The summed E-state index contributed by atoms with van der Waals surface area (Å²) in [6.07, 6.45) is 0. The summed E-state index contributed by atoms with van der Waals surface area (Å²) in [4.78, 5) is 23.0. The molecule has 0 amide bonds. The van der Waals surface area contributed by atoms with Gasteiger partial charge in [-0.1, -0.05) is 0 Å². The van der Waals surface area contributed by atoms with Gasteiger partial charge in [0.25, 0.3) is 5.56 Å². The van der Waals surface area contributed by atoms with Gasteiger partial charge >= 0.3 is 5.97 Å². The van der Waals surface area contributed by atoms with Crippen molar-refractivity contribution < 1.29 is 24.5 Å². The number of aromatic hydroxyl groups is 1. The minimum atomic E-state index is -1.49. The molecule has 0 aliphatic rings. The number of carbonyl (C=O) groups is 1. The van der Waals surface area contributed by atoms with Gasteiger partial charge in [0.05, 0.1) is 19.7 Å². The monoisotopic (exact) mass is 279 g/mol. The molecule has 2 N–H and O–H groups in total. The molecule has 0 fully saturated rings. The molecule has 20 heavy (non-hydrogen) atoms. The largest absolute Gasteiger partial charge is 0.506 e. The summed E-state index contributed by atoms with van der Waals surface area (Å²) in [5, 5.41) is 19.2. The first-order valence-electron chi connectivity index (χ1n) is 5.63. The third-order valence-electron chi connectivity index (χ3n) is 3.09. The molecule has 2 rings (SSSR count). The lowest BCUT2D eigenvalue weighted by molar-refractivity contribution is 0.0691. The molecule has 0 bridgehead atoms. The number of carboxylic acid groups (broad SMARTS) is 1. The van der Waals surface area contributed by atoms with Gasteiger partial charge in [-0.05, 0) is 6.07 Å². The number of carboxylic acids is 1. The van der Waals surface area contributed by atoms with E-state index in [4.69, 9.17) is 14.6 Å². The molecule has 0 atom stereocenters. The van der Waals surface area contributed by atoms with E-state index in [1.807, 2.05) is 0 Å². The number of hydrogen-bond donors (Lipinski definition) is 2. The van der Waals surface area contributed by atoms with Crippen molar-refractivity contribution in [3.8, 4) is 17.2 Å². The second-order valence-corrected chi connectivity index (χ2v) is 4.12. The lowest BCUT2D eigenvalue weighted by atomic mass is 10.1. The number of aromatic carboxylic acids is 1. The summed E-state index contributed by atoms with van der Waals surface area (Å²) in [5.74, 6) is -1.38. The van der Waals surface area contributed by atoms with E-state index < -0.39 is 22.8 Å². The summed E-state index contributed by atoms with van der Waals surface area (Å²) >= 11 is 0. The van der Waals surface area contributed by atoms with E-state index >= 15 is 0 Å². The minimum absolute atomic E-state index is 0.196. The van der Waals surface area contributed by atoms with Crippen LogP contribution in [-0.2, 0) is 7.05 Å². The predicted octanol–water partition coefficient (Wildman–Crippen LogP) is 0.959. The van der Waals surface area contributed by atoms with Crippen molar-refractivity contribution >= 4 is 16.9 Å². The quantitative estimate of drug-likeness (QED) is 0.868. The molecule has 0 aliphatic heterocycles. The first-order valence-corrected chi connectivity index (χ1v) is 5.63. The molecule has 0 saturated heterocycles. The maximum absolute atomic E-state index is 11.9. The number of methoxy groups -OCH3 is 2. The van der Waals surface area contributed by atoms with Gasteiger partial charge in [0.2, 0.25) is 0 Å². The maximum Gasteiger partial charge on any atom is 0.345 e. The number of rotatable bonds is 3.